The zero-order valence-corrected chi connectivity index (χ0v) is 6.28. The van der Waals surface area contributed by atoms with Gasteiger partial charge < -0.3 is 5.11 Å². The summed E-state index contributed by atoms with van der Waals surface area (Å²) in [6.45, 7) is 0. The van der Waals surface area contributed by atoms with Crippen molar-refractivity contribution in [2.75, 3.05) is 0 Å². The van der Waals surface area contributed by atoms with Crippen molar-refractivity contribution in [3.05, 3.63) is 22.1 Å². The third-order valence-electron chi connectivity index (χ3n) is 1.16. The predicted octanol–water partition coefficient (Wildman–Crippen LogP) is 2.80. The second kappa shape index (κ2) is 2.52. The lowest BCUT2D eigenvalue weighted by atomic mass is 10.1. The highest BCUT2D eigenvalue weighted by atomic mass is 79.9. The normalized spacial score (nSPS) is 20.0. The van der Waals surface area contributed by atoms with Crippen molar-refractivity contribution in [2.24, 2.45) is 0 Å². The van der Waals surface area contributed by atoms with E-state index in [0.29, 0.717) is 12.8 Å². The van der Waals surface area contributed by atoms with E-state index in [4.69, 9.17) is 5.11 Å². The summed E-state index contributed by atoms with van der Waals surface area (Å²) in [5.41, 5.74) is 0. The average Bonchev–Trinajstić information content (AvgIpc) is 1.83. The number of halogens is 2. The lowest BCUT2D eigenvalue weighted by molar-refractivity contribution is 0.414. The maximum Gasteiger partial charge on any atom is 0.128 e. The van der Waals surface area contributed by atoms with Crippen LogP contribution in [0, 0.1) is 0 Å². The van der Waals surface area contributed by atoms with E-state index < -0.39 is 0 Å². The largest absolute Gasteiger partial charge is 0.507 e. The van der Waals surface area contributed by atoms with Crippen molar-refractivity contribution in [3.8, 4) is 0 Å². The van der Waals surface area contributed by atoms with E-state index in [-0.39, 0.29) is 16.1 Å². The Hall–Kier alpha value is -0.310. The van der Waals surface area contributed by atoms with E-state index in [1.54, 1.807) is 6.08 Å². The summed E-state index contributed by atoms with van der Waals surface area (Å²) in [5, 5.41) is 8.86. The minimum absolute atomic E-state index is 0.0127. The smallest absolute Gasteiger partial charge is 0.128 e. The van der Waals surface area contributed by atoms with Crippen molar-refractivity contribution in [1.29, 1.82) is 0 Å². The van der Waals surface area contributed by atoms with E-state index in [1.165, 1.54) is 0 Å². The van der Waals surface area contributed by atoms with Crippen molar-refractivity contribution in [2.45, 2.75) is 12.8 Å². The fraction of sp³-hybridized carbons (Fsp3) is 0.333. The summed E-state index contributed by atoms with van der Waals surface area (Å²) in [5.74, 6) is -0.256. The molecular weight excluding hydrogens is 187 g/mol. The topological polar surface area (TPSA) is 20.2 Å². The van der Waals surface area contributed by atoms with Gasteiger partial charge in [0.1, 0.15) is 11.6 Å². The third-order valence-corrected chi connectivity index (χ3v) is 2.00. The van der Waals surface area contributed by atoms with Crippen LogP contribution in [0.3, 0.4) is 0 Å². The van der Waals surface area contributed by atoms with Crippen LogP contribution in [-0.2, 0) is 0 Å². The van der Waals surface area contributed by atoms with Crippen LogP contribution in [0.4, 0.5) is 4.39 Å². The molecule has 1 aliphatic rings. The molecule has 1 nitrogen and oxygen atoms in total. The highest BCUT2D eigenvalue weighted by Crippen LogP contribution is 2.28. The molecule has 0 aliphatic heterocycles. The molecule has 1 rings (SSSR count). The molecule has 0 aromatic rings. The molecule has 0 amide bonds. The lowest BCUT2D eigenvalue weighted by Gasteiger charge is -2.05. The Balaban J connectivity index is 2.88. The second-order valence-corrected chi connectivity index (χ2v) is 2.64. The molecule has 1 N–H and O–H groups in total. The molecule has 50 valence electrons. The molecule has 0 spiro atoms. The van der Waals surface area contributed by atoms with Crippen LogP contribution in [0.2, 0.25) is 0 Å². The summed E-state index contributed by atoms with van der Waals surface area (Å²) in [6, 6.07) is 0. The number of hydrogen-bond acceptors (Lipinski definition) is 1. The molecule has 0 aromatic carbocycles. The van der Waals surface area contributed by atoms with Crippen LogP contribution in [-0.4, -0.2) is 5.11 Å². The van der Waals surface area contributed by atoms with Gasteiger partial charge in [0.2, 0.25) is 0 Å². The molecule has 0 saturated heterocycles. The van der Waals surface area contributed by atoms with Gasteiger partial charge in [-0.1, -0.05) is 0 Å². The maximum atomic E-state index is 12.5. The van der Waals surface area contributed by atoms with Gasteiger partial charge in [0.15, 0.2) is 0 Å². The summed E-state index contributed by atoms with van der Waals surface area (Å²) < 4.78 is 12.7. The number of hydrogen-bond donors (Lipinski definition) is 1. The average molecular weight is 193 g/mol. The van der Waals surface area contributed by atoms with Crippen molar-refractivity contribution in [3.63, 3.8) is 0 Å². The Morgan fingerprint density at radius 1 is 1.67 bits per heavy atom. The minimum Gasteiger partial charge on any atom is -0.507 e. The van der Waals surface area contributed by atoms with E-state index in [9.17, 15) is 4.39 Å². The number of aliphatic hydroxyl groups is 1. The number of rotatable bonds is 0. The zero-order valence-electron chi connectivity index (χ0n) is 4.69. The van der Waals surface area contributed by atoms with E-state index >= 15 is 0 Å². The molecule has 9 heavy (non-hydrogen) atoms. The predicted molar refractivity (Wildman–Crippen MR) is 37.0 cm³/mol. The van der Waals surface area contributed by atoms with Crippen molar-refractivity contribution < 1.29 is 9.50 Å². The van der Waals surface area contributed by atoms with Crippen molar-refractivity contribution in [1.82, 2.24) is 0 Å². The Bertz CT molecular complexity index is 183. The second-order valence-electron chi connectivity index (χ2n) is 1.85. The van der Waals surface area contributed by atoms with E-state index in [2.05, 4.69) is 15.9 Å². The summed E-state index contributed by atoms with van der Waals surface area (Å²) in [7, 11) is 0. The van der Waals surface area contributed by atoms with Gasteiger partial charge in [0.25, 0.3) is 0 Å². The van der Waals surface area contributed by atoms with Crippen LogP contribution in [0.1, 0.15) is 12.8 Å². The van der Waals surface area contributed by atoms with Crippen LogP contribution < -0.4 is 0 Å². The Labute approximate surface area is 61.0 Å². The standard InChI is InChI=1S/C6H6BrFO/c7-6-4(8)2-1-3-5(6)9/h3,9H,1-2H2. The van der Waals surface area contributed by atoms with Gasteiger partial charge in [-0.15, -0.1) is 0 Å². The molecular formula is C6H6BrFO. The van der Waals surface area contributed by atoms with Crippen LogP contribution >= 0.6 is 15.9 Å². The van der Waals surface area contributed by atoms with Crippen LogP contribution in [0.25, 0.3) is 0 Å². The quantitative estimate of drug-likeness (QED) is 0.627. The Kier molecular flexibility index (Phi) is 1.90. The molecule has 0 atom stereocenters. The zero-order chi connectivity index (χ0) is 6.85. The van der Waals surface area contributed by atoms with Gasteiger partial charge in [-0.2, -0.15) is 0 Å². The fourth-order valence-corrected chi connectivity index (χ4v) is 1.03. The van der Waals surface area contributed by atoms with Gasteiger partial charge in [0, 0.05) is 6.42 Å². The molecule has 0 unspecified atom stereocenters. The first-order chi connectivity index (χ1) is 4.22. The molecule has 0 saturated carbocycles. The highest BCUT2D eigenvalue weighted by Gasteiger charge is 2.11. The highest BCUT2D eigenvalue weighted by molar-refractivity contribution is 9.12. The van der Waals surface area contributed by atoms with Gasteiger partial charge in [0.05, 0.1) is 4.48 Å². The molecule has 0 radical (unpaired) electrons. The summed E-state index contributed by atoms with van der Waals surface area (Å²) in [6.07, 6.45) is 2.57. The first-order valence-corrected chi connectivity index (χ1v) is 3.45. The van der Waals surface area contributed by atoms with Gasteiger partial charge in [-0.25, -0.2) is 4.39 Å². The molecule has 1 aliphatic carbocycles. The Morgan fingerprint density at radius 2 is 2.33 bits per heavy atom. The molecule has 0 bridgehead atoms. The Morgan fingerprint density at radius 3 is 2.78 bits per heavy atom. The first kappa shape index (κ1) is 6.81. The lowest BCUT2D eigenvalue weighted by Crippen LogP contribution is -1.91. The third kappa shape index (κ3) is 1.33. The van der Waals surface area contributed by atoms with Gasteiger partial charge >= 0.3 is 0 Å². The maximum absolute atomic E-state index is 12.5. The SMILES string of the molecule is OC1=CCCC(F)=C1Br. The van der Waals surface area contributed by atoms with Crippen molar-refractivity contribution >= 4 is 15.9 Å². The van der Waals surface area contributed by atoms with Crippen LogP contribution in [0.15, 0.2) is 22.1 Å². The van der Waals surface area contributed by atoms with Gasteiger partial charge in [-0.05, 0) is 28.4 Å². The summed E-state index contributed by atoms with van der Waals surface area (Å²) >= 11 is 2.91. The number of aliphatic hydroxyl groups excluding tert-OH is 1. The fourth-order valence-electron chi connectivity index (χ4n) is 0.674. The molecule has 3 heteroatoms. The molecule has 0 aromatic heterocycles. The first-order valence-electron chi connectivity index (χ1n) is 2.65. The monoisotopic (exact) mass is 192 g/mol. The van der Waals surface area contributed by atoms with E-state index in [0.717, 1.165) is 0 Å². The summed E-state index contributed by atoms with van der Waals surface area (Å²) in [4.78, 5) is 0. The number of allylic oxidation sites excluding steroid dienone is 3. The van der Waals surface area contributed by atoms with Gasteiger partial charge in [-0.3, -0.25) is 0 Å². The molecule has 0 heterocycles. The molecule has 0 fully saturated rings. The minimum atomic E-state index is -0.269. The van der Waals surface area contributed by atoms with Crippen LogP contribution in [0.5, 0.6) is 0 Å². The van der Waals surface area contributed by atoms with E-state index in [1.807, 2.05) is 0 Å².